The van der Waals surface area contributed by atoms with Gasteiger partial charge in [0.15, 0.2) is 0 Å². The van der Waals surface area contributed by atoms with Crippen LogP contribution in [0, 0.1) is 20.8 Å². The van der Waals surface area contributed by atoms with Crippen LogP contribution in [0.4, 0.5) is 68.2 Å². The van der Waals surface area contributed by atoms with E-state index < -0.39 is 0 Å². The molecule has 0 bridgehead atoms. The molecule has 0 saturated heterocycles. The Morgan fingerprint density at radius 2 is 0.415 bits per heavy atom. The van der Waals surface area contributed by atoms with Crippen LogP contribution in [0.15, 0.2) is 309 Å². The van der Waals surface area contributed by atoms with Crippen LogP contribution in [-0.4, -0.2) is 19.8 Å². The Balaban J connectivity index is 0.838. The van der Waals surface area contributed by atoms with E-state index in [1.165, 1.54) is 50.1 Å². The molecule has 0 aliphatic carbocycles. The van der Waals surface area contributed by atoms with Crippen molar-refractivity contribution in [3.63, 3.8) is 0 Å². The van der Waals surface area contributed by atoms with Crippen molar-refractivity contribution < 1.29 is 14.2 Å². The lowest BCUT2D eigenvalue weighted by Crippen LogP contribution is -2.14. The molecule has 0 N–H and O–H groups in total. The number of rotatable bonds is 30. The number of hydrogen-bond donors (Lipinski definition) is 0. The average Bonchev–Trinajstić information content (AvgIpc) is 0.803. The Morgan fingerprint density at radius 1 is 0.202 bits per heavy atom. The molecule has 12 rings (SSSR count). The standard InChI is InChI=1S/C87H84N4O3/c1-67-19-13-31-85(61-67)89(76-40-34-70(35-41-76)28-16-58-92-64-73-22-7-4-8-23-73)82-52-46-79(47-53-82)88(80-48-54-83(55-49-80)90(86-32-14-20-68(2)62-86)77-42-36-71(37-43-77)29-17-59-93-65-74-24-9-5-10-25-74)81-50-56-84(57-51-81)91(87-33-15-21-69(3)63-87)78-44-38-72(39-45-78)30-18-60-94-66-75-26-11-6-12-27-75/h4-15,19-27,31-57,61-63H,16-18,28-30,58-60,64-66H2,1-3H3. The van der Waals surface area contributed by atoms with Gasteiger partial charge in [-0.2, -0.15) is 0 Å². The van der Waals surface area contributed by atoms with E-state index in [0.29, 0.717) is 39.6 Å². The molecular formula is C87H84N4O3. The highest BCUT2D eigenvalue weighted by Crippen LogP contribution is 2.44. The molecule has 12 aromatic rings. The van der Waals surface area contributed by atoms with Gasteiger partial charge in [-0.25, -0.2) is 0 Å². The molecule has 7 heteroatoms. The zero-order valence-electron chi connectivity index (χ0n) is 54.4. The summed E-state index contributed by atoms with van der Waals surface area (Å²) in [6, 6.07) is 112. The van der Waals surface area contributed by atoms with Crippen molar-refractivity contribution >= 4 is 68.2 Å². The first-order valence-corrected chi connectivity index (χ1v) is 33.2. The summed E-state index contributed by atoms with van der Waals surface area (Å²) in [6.45, 7) is 10.5. The summed E-state index contributed by atoms with van der Waals surface area (Å²) in [4.78, 5) is 9.45. The normalized spacial score (nSPS) is 11.1. The van der Waals surface area contributed by atoms with Gasteiger partial charge >= 0.3 is 0 Å². The van der Waals surface area contributed by atoms with E-state index in [2.05, 4.69) is 332 Å². The highest BCUT2D eigenvalue weighted by molar-refractivity contribution is 5.85. The fourth-order valence-corrected chi connectivity index (χ4v) is 12.2. The summed E-state index contributed by atoms with van der Waals surface area (Å²) in [5.74, 6) is 0. The minimum absolute atomic E-state index is 0.634. The van der Waals surface area contributed by atoms with Crippen molar-refractivity contribution in [3.8, 4) is 0 Å². The maximum atomic E-state index is 6.05. The Kier molecular flexibility index (Phi) is 22.0. The molecule has 0 aliphatic heterocycles. The molecule has 0 saturated carbocycles. The molecule has 94 heavy (non-hydrogen) atoms. The fraction of sp³-hybridized carbons (Fsp3) is 0.172. The molecule has 0 unspecified atom stereocenters. The maximum Gasteiger partial charge on any atom is 0.0716 e. The molecule has 0 fully saturated rings. The number of benzene rings is 12. The number of aryl methyl sites for hydroxylation is 6. The molecule has 0 spiro atoms. The van der Waals surface area contributed by atoms with E-state index in [1.807, 2.05) is 18.2 Å². The van der Waals surface area contributed by atoms with Crippen LogP contribution in [0.1, 0.15) is 69.3 Å². The topological polar surface area (TPSA) is 40.7 Å². The van der Waals surface area contributed by atoms with Gasteiger partial charge < -0.3 is 33.8 Å². The molecule has 0 heterocycles. The third-order valence-corrected chi connectivity index (χ3v) is 17.1. The summed E-state index contributed by atoms with van der Waals surface area (Å²) in [6.07, 6.45) is 5.70. The lowest BCUT2D eigenvalue weighted by atomic mass is 10.1. The highest BCUT2D eigenvalue weighted by atomic mass is 16.5. The highest BCUT2D eigenvalue weighted by Gasteiger charge is 2.21. The predicted octanol–water partition coefficient (Wildman–Crippen LogP) is 22.9. The minimum Gasteiger partial charge on any atom is -0.377 e. The number of nitrogens with zero attached hydrogens (tertiary/aromatic N) is 4. The number of ether oxygens (including phenoxy) is 3. The molecular weight excluding hydrogens is 1150 g/mol. The van der Waals surface area contributed by atoms with Crippen LogP contribution in [0.5, 0.6) is 0 Å². The summed E-state index contributed by atoms with van der Waals surface area (Å²) >= 11 is 0. The second-order valence-electron chi connectivity index (χ2n) is 24.3. The summed E-state index contributed by atoms with van der Waals surface area (Å²) in [5.41, 5.74) is 24.0. The zero-order valence-corrected chi connectivity index (χ0v) is 54.4. The van der Waals surface area contributed by atoms with E-state index in [0.717, 1.165) is 107 Å². The van der Waals surface area contributed by atoms with Gasteiger partial charge in [0.1, 0.15) is 0 Å². The zero-order chi connectivity index (χ0) is 64.1. The van der Waals surface area contributed by atoms with Crippen molar-refractivity contribution in [1.29, 1.82) is 0 Å². The lowest BCUT2D eigenvalue weighted by molar-refractivity contribution is 0.118. The van der Waals surface area contributed by atoms with E-state index >= 15 is 0 Å². The molecule has 470 valence electrons. The van der Waals surface area contributed by atoms with Crippen LogP contribution in [-0.2, 0) is 53.3 Å². The lowest BCUT2D eigenvalue weighted by Gasteiger charge is -2.30. The SMILES string of the molecule is Cc1cccc(N(c2ccc(CCCOCc3ccccc3)cc2)c2ccc(N(c3ccc(N(c4ccc(CCCOCc5ccccc5)cc4)c4cccc(C)c4)cc3)c3ccc(N(c4ccc(CCCOCc5ccccc5)cc4)c4cccc(C)c4)cc3)cc2)c1. The van der Waals surface area contributed by atoms with Crippen LogP contribution >= 0.6 is 0 Å². The van der Waals surface area contributed by atoms with Crippen molar-refractivity contribution in [1.82, 2.24) is 0 Å². The Bertz CT molecular complexity index is 3800. The van der Waals surface area contributed by atoms with E-state index in [1.54, 1.807) is 0 Å². The van der Waals surface area contributed by atoms with Gasteiger partial charge in [-0.15, -0.1) is 0 Å². The monoisotopic (exact) mass is 1230 g/mol. The first-order valence-electron chi connectivity index (χ1n) is 33.2. The molecule has 0 atom stereocenters. The smallest absolute Gasteiger partial charge is 0.0716 e. The Morgan fingerprint density at radius 3 is 0.638 bits per heavy atom. The Labute approximate surface area is 557 Å². The van der Waals surface area contributed by atoms with Gasteiger partial charge in [-0.3, -0.25) is 0 Å². The first kappa shape index (κ1) is 63.9. The average molecular weight is 1230 g/mol. The van der Waals surface area contributed by atoms with Crippen molar-refractivity contribution in [2.45, 2.75) is 79.1 Å². The quantitative estimate of drug-likeness (QED) is 0.0416. The van der Waals surface area contributed by atoms with E-state index in [9.17, 15) is 0 Å². The van der Waals surface area contributed by atoms with Gasteiger partial charge in [0.2, 0.25) is 0 Å². The molecule has 0 aromatic heterocycles. The van der Waals surface area contributed by atoms with E-state index in [-0.39, 0.29) is 0 Å². The minimum atomic E-state index is 0.634. The molecule has 0 amide bonds. The third-order valence-electron chi connectivity index (χ3n) is 17.1. The fourth-order valence-electron chi connectivity index (χ4n) is 12.2. The van der Waals surface area contributed by atoms with Crippen molar-refractivity contribution in [2.24, 2.45) is 0 Å². The summed E-state index contributed by atoms with van der Waals surface area (Å²) < 4.78 is 18.1. The third kappa shape index (κ3) is 17.2. The first-order chi connectivity index (χ1) is 46.3. The van der Waals surface area contributed by atoms with Gasteiger partial charge in [-0.05, 0) is 255 Å². The number of anilines is 12. The largest absolute Gasteiger partial charge is 0.377 e. The molecule has 0 aliphatic rings. The summed E-state index contributed by atoms with van der Waals surface area (Å²) in [7, 11) is 0. The predicted molar refractivity (Wildman–Crippen MR) is 393 cm³/mol. The van der Waals surface area contributed by atoms with Gasteiger partial charge in [0.25, 0.3) is 0 Å². The second kappa shape index (κ2) is 32.3. The van der Waals surface area contributed by atoms with Crippen LogP contribution in [0.2, 0.25) is 0 Å². The van der Waals surface area contributed by atoms with Crippen LogP contribution in [0.3, 0.4) is 0 Å². The molecule has 12 aromatic carbocycles. The summed E-state index contributed by atoms with van der Waals surface area (Å²) in [5, 5.41) is 0. The second-order valence-corrected chi connectivity index (χ2v) is 24.3. The maximum absolute atomic E-state index is 6.05. The van der Waals surface area contributed by atoms with Gasteiger partial charge in [0.05, 0.1) is 19.8 Å². The van der Waals surface area contributed by atoms with Crippen LogP contribution < -0.4 is 19.6 Å². The molecule has 7 nitrogen and oxygen atoms in total. The van der Waals surface area contributed by atoms with Gasteiger partial charge in [-0.1, -0.05) is 164 Å². The van der Waals surface area contributed by atoms with Crippen molar-refractivity contribution in [3.05, 3.63) is 359 Å². The van der Waals surface area contributed by atoms with Crippen molar-refractivity contribution in [2.75, 3.05) is 39.4 Å². The number of hydrogen-bond acceptors (Lipinski definition) is 7. The van der Waals surface area contributed by atoms with Crippen LogP contribution in [0.25, 0.3) is 0 Å². The van der Waals surface area contributed by atoms with Gasteiger partial charge in [0, 0.05) is 88.1 Å². The molecule has 0 radical (unpaired) electrons. The Hall–Kier alpha value is -10.3. The van der Waals surface area contributed by atoms with E-state index in [4.69, 9.17) is 14.2 Å².